The van der Waals surface area contributed by atoms with Crippen molar-refractivity contribution in [3.8, 4) is 0 Å². The normalized spacial score (nSPS) is 15.9. The number of ether oxygens (including phenoxy) is 1. The SMILES string of the molecule is CCOC(=O)c1c(C)[nH]c(C(=O)[C@@H](C)[NH+]2CCN(C(=O)c3cccs3)CC2)c1C. The van der Waals surface area contributed by atoms with Gasteiger partial charge in [0.15, 0.2) is 6.04 Å². The van der Waals surface area contributed by atoms with Crippen molar-refractivity contribution in [2.75, 3.05) is 32.8 Å². The van der Waals surface area contributed by atoms with Gasteiger partial charge < -0.3 is 19.5 Å². The average molecular weight is 419 g/mol. The van der Waals surface area contributed by atoms with Crippen molar-refractivity contribution in [2.45, 2.75) is 33.7 Å². The van der Waals surface area contributed by atoms with E-state index >= 15 is 0 Å². The molecule has 0 radical (unpaired) electrons. The Morgan fingerprint density at radius 2 is 1.97 bits per heavy atom. The maximum absolute atomic E-state index is 13.1. The number of carbonyl (C=O) groups excluding carboxylic acids is 3. The minimum Gasteiger partial charge on any atom is -0.462 e. The van der Waals surface area contributed by atoms with E-state index in [4.69, 9.17) is 4.74 Å². The van der Waals surface area contributed by atoms with Crippen LogP contribution >= 0.6 is 11.3 Å². The van der Waals surface area contributed by atoms with Crippen LogP contribution in [0.2, 0.25) is 0 Å². The van der Waals surface area contributed by atoms with E-state index in [1.54, 1.807) is 20.8 Å². The van der Waals surface area contributed by atoms with Gasteiger partial charge in [0.25, 0.3) is 5.91 Å². The number of aromatic nitrogens is 1. The van der Waals surface area contributed by atoms with E-state index in [1.165, 1.54) is 11.3 Å². The molecule has 1 atom stereocenters. The molecule has 1 fully saturated rings. The zero-order chi connectivity index (χ0) is 21.1. The molecule has 29 heavy (non-hydrogen) atoms. The zero-order valence-corrected chi connectivity index (χ0v) is 18.1. The van der Waals surface area contributed by atoms with Gasteiger partial charge in [-0.3, -0.25) is 9.59 Å². The fourth-order valence-electron chi connectivity index (χ4n) is 3.89. The highest BCUT2D eigenvalue weighted by atomic mass is 32.1. The van der Waals surface area contributed by atoms with Gasteiger partial charge in [-0.05, 0) is 44.7 Å². The number of aromatic amines is 1. The van der Waals surface area contributed by atoms with Crippen molar-refractivity contribution in [1.29, 1.82) is 0 Å². The van der Waals surface area contributed by atoms with Crippen LogP contribution in [0.3, 0.4) is 0 Å². The Balaban J connectivity index is 1.66. The fraction of sp³-hybridized carbons (Fsp3) is 0.476. The molecule has 3 rings (SSSR count). The summed E-state index contributed by atoms with van der Waals surface area (Å²) in [6.45, 7) is 10.2. The number of ketones is 1. The molecule has 2 N–H and O–H groups in total. The number of piperazine rings is 1. The Morgan fingerprint density at radius 1 is 1.28 bits per heavy atom. The van der Waals surface area contributed by atoms with Crippen LogP contribution in [-0.2, 0) is 4.74 Å². The number of aryl methyl sites for hydroxylation is 1. The molecule has 0 saturated carbocycles. The summed E-state index contributed by atoms with van der Waals surface area (Å²) in [5, 5.41) is 1.90. The Hall–Kier alpha value is -2.45. The molecule has 0 spiro atoms. The minimum absolute atomic E-state index is 0.0193. The van der Waals surface area contributed by atoms with Crippen LogP contribution < -0.4 is 4.90 Å². The number of esters is 1. The van der Waals surface area contributed by atoms with Gasteiger partial charge in [0.05, 0.1) is 48.9 Å². The van der Waals surface area contributed by atoms with Gasteiger partial charge in [-0.25, -0.2) is 4.79 Å². The number of amides is 1. The van der Waals surface area contributed by atoms with E-state index in [1.807, 2.05) is 29.3 Å². The molecule has 7 nitrogen and oxygen atoms in total. The summed E-state index contributed by atoms with van der Waals surface area (Å²) >= 11 is 1.45. The molecule has 1 aliphatic rings. The summed E-state index contributed by atoms with van der Waals surface area (Å²) in [6, 6.07) is 3.46. The van der Waals surface area contributed by atoms with Gasteiger partial charge in [-0.1, -0.05) is 6.07 Å². The maximum Gasteiger partial charge on any atom is 0.340 e. The van der Waals surface area contributed by atoms with Crippen LogP contribution in [-0.4, -0.2) is 66.4 Å². The Bertz CT molecular complexity index is 895. The number of rotatable bonds is 6. The fourth-order valence-corrected chi connectivity index (χ4v) is 4.58. The third kappa shape index (κ3) is 4.28. The number of Topliss-reactive ketones (excluding diaryl/α,β-unsaturated/α-hetero) is 1. The van der Waals surface area contributed by atoms with E-state index in [9.17, 15) is 14.4 Å². The Labute approximate surface area is 174 Å². The first-order valence-corrected chi connectivity index (χ1v) is 10.8. The lowest BCUT2D eigenvalue weighted by Crippen LogP contribution is -3.18. The van der Waals surface area contributed by atoms with Crippen molar-refractivity contribution in [3.05, 3.63) is 44.9 Å². The van der Waals surface area contributed by atoms with E-state index in [0.717, 1.165) is 9.78 Å². The van der Waals surface area contributed by atoms with E-state index < -0.39 is 5.97 Å². The highest BCUT2D eigenvalue weighted by Gasteiger charge is 2.34. The number of hydrogen-bond donors (Lipinski definition) is 2. The minimum atomic E-state index is -0.404. The predicted octanol–water partition coefficient (Wildman–Crippen LogP) is 1.48. The summed E-state index contributed by atoms with van der Waals surface area (Å²) < 4.78 is 5.11. The van der Waals surface area contributed by atoms with E-state index in [2.05, 4.69) is 4.98 Å². The van der Waals surface area contributed by atoms with Crippen molar-refractivity contribution in [1.82, 2.24) is 9.88 Å². The van der Waals surface area contributed by atoms with Gasteiger partial charge in [0.2, 0.25) is 5.78 Å². The van der Waals surface area contributed by atoms with Crippen LogP contribution in [0.1, 0.15) is 55.6 Å². The highest BCUT2D eigenvalue weighted by molar-refractivity contribution is 7.12. The lowest BCUT2D eigenvalue weighted by molar-refractivity contribution is -0.917. The second-order valence-electron chi connectivity index (χ2n) is 7.36. The molecule has 8 heteroatoms. The van der Waals surface area contributed by atoms with Crippen LogP contribution in [0, 0.1) is 13.8 Å². The molecule has 0 aromatic carbocycles. The Morgan fingerprint density at radius 3 is 2.55 bits per heavy atom. The largest absolute Gasteiger partial charge is 0.462 e. The lowest BCUT2D eigenvalue weighted by atomic mass is 10.0. The zero-order valence-electron chi connectivity index (χ0n) is 17.3. The second-order valence-corrected chi connectivity index (χ2v) is 8.31. The third-order valence-electron chi connectivity index (χ3n) is 5.59. The molecule has 1 aliphatic heterocycles. The molecule has 156 valence electrons. The van der Waals surface area contributed by atoms with Gasteiger partial charge in [-0.2, -0.15) is 0 Å². The number of carbonyl (C=O) groups is 3. The van der Waals surface area contributed by atoms with Crippen molar-refractivity contribution in [2.24, 2.45) is 0 Å². The number of hydrogen-bond acceptors (Lipinski definition) is 5. The molecular weight excluding hydrogens is 390 g/mol. The highest BCUT2D eigenvalue weighted by Crippen LogP contribution is 2.20. The first kappa shape index (κ1) is 21.3. The topological polar surface area (TPSA) is 83.9 Å². The standard InChI is InChI=1S/C21H27N3O4S/c1-5-28-21(27)17-13(2)18(22-14(17)3)19(25)15(4)23-8-10-24(11-9-23)20(26)16-7-6-12-29-16/h6-7,12,15,22H,5,8-11H2,1-4H3/p+1/t15-/m1/s1. The van der Waals surface area contributed by atoms with Crippen molar-refractivity contribution in [3.63, 3.8) is 0 Å². The molecule has 3 heterocycles. The summed E-state index contributed by atoms with van der Waals surface area (Å²) in [5.41, 5.74) is 2.22. The van der Waals surface area contributed by atoms with Crippen molar-refractivity contribution >= 4 is 29.0 Å². The molecule has 2 aromatic heterocycles. The third-order valence-corrected chi connectivity index (χ3v) is 6.45. The molecule has 0 bridgehead atoms. The van der Waals surface area contributed by atoms with Gasteiger partial charge in [-0.15, -0.1) is 11.3 Å². The van der Waals surface area contributed by atoms with Gasteiger partial charge in [0, 0.05) is 5.69 Å². The molecule has 1 saturated heterocycles. The molecule has 0 aliphatic carbocycles. The maximum atomic E-state index is 13.1. The molecule has 0 unspecified atom stereocenters. The number of quaternary nitrogens is 1. The number of nitrogens with one attached hydrogen (secondary N) is 2. The predicted molar refractivity (Wildman–Crippen MR) is 111 cm³/mol. The Kier molecular flexibility index (Phi) is 6.54. The second kappa shape index (κ2) is 8.92. The number of thiophene rings is 1. The van der Waals surface area contributed by atoms with E-state index in [0.29, 0.717) is 55.3 Å². The summed E-state index contributed by atoms with van der Waals surface area (Å²) in [5.74, 6) is -0.361. The number of H-pyrrole nitrogens is 1. The summed E-state index contributed by atoms with van der Waals surface area (Å²) in [6.07, 6.45) is 0. The molecular formula is C21H28N3O4S+. The van der Waals surface area contributed by atoms with E-state index in [-0.39, 0.29) is 17.7 Å². The summed E-state index contributed by atoms with van der Waals surface area (Å²) in [7, 11) is 0. The average Bonchev–Trinajstić information content (AvgIpc) is 3.35. The van der Waals surface area contributed by atoms with Crippen LogP contribution in [0.4, 0.5) is 0 Å². The van der Waals surface area contributed by atoms with Crippen LogP contribution in [0.5, 0.6) is 0 Å². The monoisotopic (exact) mass is 418 g/mol. The summed E-state index contributed by atoms with van der Waals surface area (Å²) in [4.78, 5) is 44.7. The van der Waals surface area contributed by atoms with Crippen LogP contribution in [0.15, 0.2) is 17.5 Å². The molecule has 2 aromatic rings. The first-order valence-electron chi connectivity index (χ1n) is 9.93. The van der Waals surface area contributed by atoms with Crippen LogP contribution in [0.25, 0.3) is 0 Å². The van der Waals surface area contributed by atoms with Gasteiger partial charge >= 0.3 is 5.97 Å². The van der Waals surface area contributed by atoms with Gasteiger partial charge in [0.1, 0.15) is 0 Å². The first-order chi connectivity index (χ1) is 13.8. The van der Waals surface area contributed by atoms with Crippen molar-refractivity contribution < 1.29 is 24.0 Å². The smallest absolute Gasteiger partial charge is 0.340 e. The lowest BCUT2D eigenvalue weighted by Gasteiger charge is -2.34. The number of nitrogens with zero attached hydrogens (tertiary/aromatic N) is 1. The molecule has 1 amide bonds. The quantitative estimate of drug-likeness (QED) is 0.550.